The molecule has 0 fully saturated rings. The van der Waals surface area contributed by atoms with Crippen molar-refractivity contribution < 1.29 is 4.39 Å². The van der Waals surface area contributed by atoms with Crippen LogP contribution < -0.4 is 5.32 Å². The van der Waals surface area contributed by atoms with Crippen LogP contribution in [0.25, 0.3) is 0 Å². The number of rotatable bonds is 0. The summed E-state index contributed by atoms with van der Waals surface area (Å²) in [6.07, 6.45) is 1.27. The van der Waals surface area contributed by atoms with Gasteiger partial charge < -0.3 is 5.32 Å². The molecule has 0 aromatic carbocycles. The highest BCUT2D eigenvalue weighted by atomic mass is 19.1. The maximum atomic E-state index is 12.6. The molecule has 1 aromatic rings. The first-order chi connectivity index (χ1) is 5.27. The maximum Gasteiger partial charge on any atom is 0.141 e. The van der Waals surface area contributed by atoms with Gasteiger partial charge in [0.1, 0.15) is 5.82 Å². The molecule has 0 spiro atoms. The molecule has 1 aliphatic heterocycles. The van der Waals surface area contributed by atoms with Crippen molar-refractivity contribution in [3.63, 3.8) is 0 Å². The fraction of sp³-hybridized carbons (Fsp3) is 0.375. The van der Waals surface area contributed by atoms with Crippen LogP contribution in [0.1, 0.15) is 24.2 Å². The quantitative estimate of drug-likeness (QED) is 0.607. The monoisotopic (exact) mass is 152 g/mol. The number of halogens is 1. The van der Waals surface area contributed by atoms with Crippen LogP contribution >= 0.6 is 0 Å². The summed E-state index contributed by atoms with van der Waals surface area (Å²) in [5.41, 5.74) is 1.96. The van der Waals surface area contributed by atoms with Gasteiger partial charge in [-0.1, -0.05) is 0 Å². The Morgan fingerprint density at radius 3 is 3.36 bits per heavy atom. The van der Waals surface area contributed by atoms with E-state index in [1.165, 1.54) is 6.20 Å². The largest absolute Gasteiger partial charge is 0.305 e. The molecular formula is C8H9FN2. The summed E-state index contributed by atoms with van der Waals surface area (Å²) < 4.78 is 12.6. The van der Waals surface area contributed by atoms with Crippen LogP contribution in [0.5, 0.6) is 0 Å². The molecule has 1 aromatic heterocycles. The zero-order valence-corrected chi connectivity index (χ0v) is 6.26. The zero-order chi connectivity index (χ0) is 7.84. The number of aromatic nitrogens is 1. The Labute approximate surface area is 64.5 Å². The minimum atomic E-state index is -0.250. The van der Waals surface area contributed by atoms with E-state index in [-0.39, 0.29) is 11.9 Å². The van der Waals surface area contributed by atoms with Crippen molar-refractivity contribution in [1.82, 2.24) is 10.3 Å². The lowest BCUT2D eigenvalue weighted by Crippen LogP contribution is -2.07. The molecule has 11 heavy (non-hydrogen) atoms. The van der Waals surface area contributed by atoms with Gasteiger partial charge in [0.2, 0.25) is 0 Å². The van der Waals surface area contributed by atoms with Crippen molar-refractivity contribution in [2.24, 2.45) is 0 Å². The van der Waals surface area contributed by atoms with Crippen molar-refractivity contribution in [3.05, 3.63) is 29.3 Å². The molecule has 2 heterocycles. The van der Waals surface area contributed by atoms with Crippen molar-refractivity contribution in [3.8, 4) is 0 Å². The second-order valence-corrected chi connectivity index (χ2v) is 2.80. The normalized spacial score (nSPS) is 21.8. The summed E-state index contributed by atoms with van der Waals surface area (Å²) in [4.78, 5) is 4.00. The summed E-state index contributed by atoms with van der Waals surface area (Å²) in [6, 6.07) is 1.81. The smallest absolute Gasteiger partial charge is 0.141 e. The molecule has 0 aliphatic carbocycles. The number of nitrogens with zero attached hydrogens (tertiary/aromatic N) is 1. The number of nitrogens with one attached hydrogen (secondary N) is 1. The molecule has 3 heteroatoms. The fourth-order valence-corrected chi connectivity index (χ4v) is 1.38. The first kappa shape index (κ1) is 6.73. The number of hydrogen-bond acceptors (Lipinski definition) is 2. The van der Waals surface area contributed by atoms with E-state index < -0.39 is 0 Å². The van der Waals surface area contributed by atoms with Crippen molar-refractivity contribution >= 4 is 0 Å². The van der Waals surface area contributed by atoms with Gasteiger partial charge >= 0.3 is 0 Å². The summed E-state index contributed by atoms with van der Waals surface area (Å²) in [7, 11) is 0. The van der Waals surface area contributed by atoms with Gasteiger partial charge in [-0.05, 0) is 18.6 Å². The minimum absolute atomic E-state index is 0.250. The van der Waals surface area contributed by atoms with Gasteiger partial charge in [-0.25, -0.2) is 4.39 Å². The van der Waals surface area contributed by atoms with Gasteiger partial charge in [0.15, 0.2) is 0 Å². The molecule has 0 saturated carbocycles. The van der Waals surface area contributed by atoms with Gasteiger partial charge in [-0.3, -0.25) is 4.98 Å². The SMILES string of the molecule is CC1NCc2cc(F)cnc21. The topological polar surface area (TPSA) is 24.9 Å². The van der Waals surface area contributed by atoms with Crippen LogP contribution in [0.3, 0.4) is 0 Å². The van der Waals surface area contributed by atoms with Crippen molar-refractivity contribution in [1.29, 1.82) is 0 Å². The molecule has 2 nitrogen and oxygen atoms in total. The van der Waals surface area contributed by atoms with Crippen LogP contribution in [0.4, 0.5) is 4.39 Å². The van der Waals surface area contributed by atoms with Gasteiger partial charge in [-0.15, -0.1) is 0 Å². The molecule has 0 amide bonds. The van der Waals surface area contributed by atoms with Crippen LogP contribution in [0.2, 0.25) is 0 Å². The highest BCUT2D eigenvalue weighted by Gasteiger charge is 2.18. The Balaban J connectivity index is 2.50. The molecule has 0 radical (unpaired) electrons. The van der Waals surface area contributed by atoms with Gasteiger partial charge in [0, 0.05) is 12.6 Å². The average Bonchev–Trinajstić information content (AvgIpc) is 2.32. The second-order valence-electron chi connectivity index (χ2n) is 2.80. The third-order valence-electron chi connectivity index (χ3n) is 1.98. The summed E-state index contributed by atoms with van der Waals surface area (Å²) >= 11 is 0. The summed E-state index contributed by atoms with van der Waals surface area (Å²) in [5.74, 6) is -0.250. The number of fused-ring (bicyclic) bond motifs is 1. The molecule has 1 aliphatic rings. The summed E-state index contributed by atoms with van der Waals surface area (Å²) in [6.45, 7) is 2.76. The van der Waals surface area contributed by atoms with E-state index in [9.17, 15) is 4.39 Å². The Kier molecular flexibility index (Phi) is 1.39. The standard InChI is InChI=1S/C8H9FN2/c1-5-8-6(3-10-5)2-7(9)4-11-8/h2,4-5,10H,3H2,1H3. The van der Waals surface area contributed by atoms with Gasteiger partial charge in [0.25, 0.3) is 0 Å². The first-order valence-electron chi connectivity index (χ1n) is 3.65. The van der Waals surface area contributed by atoms with E-state index in [1.807, 2.05) is 6.92 Å². The third-order valence-corrected chi connectivity index (χ3v) is 1.98. The third kappa shape index (κ3) is 1.01. The first-order valence-corrected chi connectivity index (χ1v) is 3.65. The Hall–Kier alpha value is -0.960. The van der Waals surface area contributed by atoms with E-state index in [1.54, 1.807) is 6.07 Å². The summed E-state index contributed by atoms with van der Waals surface area (Å²) in [5, 5.41) is 3.18. The van der Waals surface area contributed by atoms with E-state index in [0.717, 1.165) is 17.8 Å². The minimum Gasteiger partial charge on any atom is -0.305 e. The van der Waals surface area contributed by atoms with Gasteiger partial charge in [0.05, 0.1) is 11.9 Å². The maximum absolute atomic E-state index is 12.6. The molecular weight excluding hydrogens is 143 g/mol. The molecule has 1 N–H and O–H groups in total. The van der Waals surface area contributed by atoms with Crippen LogP contribution in [-0.2, 0) is 6.54 Å². The molecule has 2 rings (SSSR count). The Bertz CT molecular complexity index is 285. The highest BCUT2D eigenvalue weighted by Crippen LogP contribution is 2.22. The van der Waals surface area contributed by atoms with Crippen LogP contribution in [0, 0.1) is 5.82 Å². The number of pyridine rings is 1. The van der Waals surface area contributed by atoms with E-state index in [4.69, 9.17) is 0 Å². The predicted molar refractivity (Wildman–Crippen MR) is 39.4 cm³/mol. The lowest BCUT2D eigenvalue weighted by Gasteiger charge is -2.01. The fourth-order valence-electron chi connectivity index (χ4n) is 1.38. The van der Waals surface area contributed by atoms with Gasteiger partial charge in [-0.2, -0.15) is 0 Å². The molecule has 1 unspecified atom stereocenters. The Morgan fingerprint density at radius 2 is 2.55 bits per heavy atom. The lowest BCUT2D eigenvalue weighted by molar-refractivity contribution is 0.614. The van der Waals surface area contributed by atoms with Crippen LogP contribution in [-0.4, -0.2) is 4.98 Å². The highest BCUT2D eigenvalue weighted by molar-refractivity contribution is 5.26. The van der Waals surface area contributed by atoms with Crippen molar-refractivity contribution in [2.75, 3.05) is 0 Å². The molecule has 1 atom stereocenters. The average molecular weight is 152 g/mol. The van der Waals surface area contributed by atoms with E-state index >= 15 is 0 Å². The van der Waals surface area contributed by atoms with Crippen LogP contribution in [0.15, 0.2) is 12.3 Å². The molecule has 58 valence electrons. The van der Waals surface area contributed by atoms with E-state index in [0.29, 0.717) is 0 Å². The molecule has 0 bridgehead atoms. The lowest BCUT2D eigenvalue weighted by atomic mass is 10.2. The second kappa shape index (κ2) is 2.27. The predicted octanol–water partition coefficient (Wildman–Crippen LogP) is 1.38. The van der Waals surface area contributed by atoms with Crippen molar-refractivity contribution in [2.45, 2.75) is 19.5 Å². The Morgan fingerprint density at radius 1 is 1.73 bits per heavy atom. The zero-order valence-electron chi connectivity index (χ0n) is 6.26. The van der Waals surface area contributed by atoms with E-state index in [2.05, 4.69) is 10.3 Å². The molecule has 0 saturated heterocycles. The number of hydrogen-bond donors (Lipinski definition) is 1.